The van der Waals surface area contributed by atoms with Crippen molar-refractivity contribution in [3.05, 3.63) is 77.5 Å². The van der Waals surface area contributed by atoms with Crippen molar-refractivity contribution < 1.29 is 9.53 Å². The fraction of sp³-hybridized carbons (Fsp3) is 0.259. The lowest BCUT2D eigenvalue weighted by Gasteiger charge is -2.15. The highest BCUT2D eigenvalue weighted by molar-refractivity contribution is 6.02. The van der Waals surface area contributed by atoms with E-state index in [4.69, 9.17) is 4.74 Å². The molecule has 0 fully saturated rings. The molecule has 1 N–H and O–H groups in total. The second-order valence-electron chi connectivity index (χ2n) is 8.25. The lowest BCUT2D eigenvalue weighted by Crippen LogP contribution is -2.20. The molecule has 0 bridgehead atoms. The number of nitrogens with zero attached hydrogens (tertiary/aromatic N) is 2. The molecule has 5 nitrogen and oxygen atoms in total. The monoisotopic (exact) mass is 425 g/mol. The van der Waals surface area contributed by atoms with Crippen LogP contribution in [0.1, 0.15) is 36.1 Å². The van der Waals surface area contributed by atoms with Gasteiger partial charge in [-0.15, -0.1) is 0 Å². The zero-order chi connectivity index (χ0) is 21.9. The van der Waals surface area contributed by atoms with Crippen LogP contribution in [0.2, 0.25) is 0 Å². The fourth-order valence-corrected chi connectivity index (χ4v) is 4.87. The van der Waals surface area contributed by atoms with Gasteiger partial charge in [0.15, 0.2) is 0 Å². The molecule has 5 rings (SSSR count). The van der Waals surface area contributed by atoms with Gasteiger partial charge in [0.1, 0.15) is 5.75 Å². The van der Waals surface area contributed by atoms with E-state index in [2.05, 4.69) is 39.4 Å². The summed E-state index contributed by atoms with van der Waals surface area (Å²) in [5, 5.41) is 7.71. The first kappa shape index (κ1) is 20.3. The lowest BCUT2D eigenvalue weighted by atomic mass is 9.95. The molecule has 0 saturated carbocycles. The van der Waals surface area contributed by atoms with Gasteiger partial charge < -0.3 is 9.30 Å². The summed E-state index contributed by atoms with van der Waals surface area (Å²) in [6.07, 6.45) is 6.73. The number of ether oxygens (including phenoxy) is 1. The van der Waals surface area contributed by atoms with Gasteiger partial charge in [-0.25, -0.2) is 5.43 Å². The van der Waals surface area contributed by atoms with Crippen molar-refractivity contribution in [2.45, 2.75) is 38.6 Å². The van der Waals surface area contributed by atoms with E-state index in [0.717, 1.165) is 34.9 Å². The number of fused-ring (bicyclic) bond motifs is 4. The van der Waals surface area contributed by atoms with Crippen LogP contribution in [-0.4, -0.2) is 23.8 Å². The third kappa shape index (κ3) is 3.75. The second kappa shape index (κ2) is 8.87. The predicted octanol–water partition coefficient (Wildman–Crippen LogP) is 5.22. The van der Waals surface area contributed by atoms with Crippen LogP contribution in [0.5, 0.6) is 5.75 Å². The minimum Gasteiger partial charge on any atom is -0.496 e. The lowest BCUT2D eigenvalue weighted by molar-refractivity contribution is -0.121. The number of methoxy groups -OCH3 is 1. The Labute approximate surface area is 187 Å². The minimum absolute atomic E-state index is 0.0946. The minimum atomic E-state index is -0.0946. The van der Waals surface area contributed by atoms with Crippen molar-refractivity contribution >= 4 is 33.8 Å². The van der Waals surface area contributed by atoms with Crippen LogP contribution in [-0.2, 0) is 24.2 Å². The van der Waals surface area contributed by atoms with E-state index in [1.54, 1.807) is 13.3 Å². The number of para-hydroxylation sites is 1. The largest absolute Gasteiger partial charge is 0.496 e. The average molecular weight is 426 g/mol. The van der Waals surface area contributed by atoms with Crippen molar-refractivity contribution in [3.63, 3.8) is 0 Å². The van der Waals surface area contributed by atoms with Crippen LogP contribution in [0, 0.1) is 0 Å². The summed E-state index contributed by atoms with van der Waals surface area (Å²) in [5.41, 5.74) is 7.65. The highest BCUT2D eigenvalue weighted by Gasteiger charge is 2.19. The van der Waals surface area contributed by atoms with Crippen molar-refractivity contribution in [3.8, 4) is 5.75 Å². The summed E-state index contributed by atoms with van der Waals surface area (Å²) in [4.78, 5) is 12.6. The molecule has 162 valence electrons. The van der Waals surface area contributed by atoms with Gasteiger partial charge in [-0.1, -0.05) is 48.5 Å². The van der Waals surface area contributed by atoms with Gasteiger partial charge in [0, 0.05) is 35.1 Å². The summed E-state index contributed by atoms with van der Waals surface area (Å²) in [6.45, 7) is 0.661. The van der Waals surface area contributed by atoms with Crippen LogP contribution >= 0.6 is 0 Å². The van der Waals surface area contributed by atoms with E-state index in [1.807, 2.05) is 36.4 Å². The summed E-state index contributed by atoms with van der Waals surface area (Å²) in [7, 11) is 1.64. The van der Waals surface area contributed by atoms with Crippen LogP contribution in [0.15, 0.2) is 65.8 Å². The Bertz CT molecular complexity index is 1320. The molecule has 0 unspecified atom stereocenters. The molecule has 1 aliphatic carbocycles. The summed E-state index contributed by atoms with van der Waals surface area (Å²) in [6, 6.07) is 20.6. The number of hydrazone groups is 1. The highest BCUT2D eigenvalue weighted by Crippen LogP contribution is 2.32. The molecule has 0 atom stereocenters. The molecule has 1 aromatic heterocycles. The molecule has 1 aliphatic rings. The molecule has 4 aromatic rings. The van der Waals surface area contributed by atoms with E-state index in [-0.39, 0.29) is 5.91 Å². The van der Waals surface area contributed by atoms with Crippen molar-refractivity contribution in [2.75, 3.05) is 7.11 Å². The van der Waals surface area contributed by atoms with Crippen molar-refractivity contribution in [2.24, 2.45) is 5.10 Å². The molecule has 1 amide bonds. The molecule has 32 heavy (non-hydrogen) atoms. The Morgan fingerprint density at radius 2 is 1.81 bits per heavy atom. The number of nitrogens with one attached hydrogen (secondary N) is 1. The maximum atomic E-state index is 12.6. The molecule has 0 radical (unpaired) electrons. The highest BCUT2D eigenvalue weighted by atomic mass is 16.5. The number of amides is 1. The van der Waals surface area contributed by atoms with Gasteiger partial charge in [0.05, 0.1) is 13.3 Å². The van der Waals surface area contributed by atoms with Gasteiger partial charge in [-0.05, 0) is 54.2 Å². The fourth-order valence-electron chi connectivity index (χ4n) is 4.87. The van der Waals surface area contributed by atoms with Crippen LogP contribution in [0.4, 0.5) is 0 Å². The maximum Gasteiger partial charge on any atom is 0.241 e. The number of benzene rings is 3. The molecule has 3 aromatic carbocycles. The molecule has 0 spiro atoms. The first-order valence-corrected chi connectivity index (χ1v) is 11.2. The van der Waals surface area contributed by atoms with Gasteiger partial charge in [-0.2, -0.15) is 5.10 Å². The Balaban J connectivity index is 1.31. The normalized spacial score (nSPS) is 13.5. The zero-order valence-electron chi connectivity index (χ0n) is 18.3. The number of carbonyl (C=O) groups is 1. The smallest absolute Gasteiger partial charge is 0.241 e. The number of aromatic nitrogens is 1. The van der Waals surface area contributed by atoms with Crippen LogP contribution < -0.4 is 10.2 Å². The molecule has 5 heteroatoms. The standard InChI is InChI=1S/C27H27N3O2/c1-32-26-15-14-19-8-2-3-9-20(19)23(26)18-28-29-27(31)16-17-30-24-12-6-4-10-21(24)22-11-5-7-13-25(22)30/h2-4,6,8-10,12,14-15,18H,5,7,11,13,16-17H2,1H3,(H,29,31)/b28-18-. The third-order valence-electron chi connectivity index (χ3n) is 6.38. The topological polar surface area (TPSA) is 55.6 Å². The predicted molar refractivity (Wildman–Crippen MR) is 129 cm³/mol. The van der Waals surface area contributed by atoms with E-state index in [0.29, 0.717) is 13.0 Å². The quantitative estimate of drug-likeness (QED) is 0.340. The number of hydrogen-bond donors (Lipinski definition) is 1. The molecule has 0 aliphatic heterocycles. The molecule has 0 saturated heterocycles. The van der Waals surface area contributed by atoms with Gasteiger partial charge in [0.2, 0.25) is 5.91 Å². The van der Waals surface area contributed by atoms with Gasteiger partial charge >= 0.3 is 0 Å². The Morgan fingerprint density at radius 1 is 1.03 bits per heavy atom. The first-order valence-electron chi connectivity index (χ1n) is 11.2. The molecule has 1 heterocycles. The van der Waals surface area contributed by atoms with Crippen LogP contribution in [0.3, 0.4) is 0 Å². The SMILES string of the molecule is COc1ccc2ccccc2c1/C=N\NC(=O)CCn1c2c(c3ccccc31)CCCC2. The zero-order valence-corrected chi connectivity index (χ0v) is 18.3. The number of aryl methyl sites for hydroxylation is 2. The summed E-state index contributed by atoms with van der Waals surface area (Å²) < 4.78 is 7.83. The summed E-state index contributed by atoms with van der Waals surface area (Å²) in [5.74, 6) is 0.634. The first-order chi connectivity index (χ1) is 15.8. The average Bonchev–Trinajstić information content (AvgIpc) is 3.16. The van der Waals surface area contributed by atoms with E-state index in [9.17, 15) is 4.79 Å². The Kier molecular flexibility index (Phi) is 5.63. The van der Waals surface area contributed by atoms with Crippen LogP contribution in [0.25, 0.3) is 21.7 Å². The Hall–Kier alpha value is -3.60. The number of carbonyl (C=O) groups excluding carboxylic acids is 1. The van der Waals surface area contributed by atoms with Gasteiger partial charge in [-0.3, -0.25) is 4.79 Å². The van der Waals surface area contributed by atoms with E-state index < -0.39 is 0 Å². The van der Waals surface area contributed by atoms with E-state index >= 15 is 0 Å². The molecular weight excluding hydrogens is 398 g/mol. The maximum absolute atomic E-state index is 12.6. The number of rotatable bonds is 6. The second-order valence-corrected chi connectivity index (χ2v) is 8.25. The summed E-state index contributed by atoms with van der Waals surface area (Å²) >= 11 is 0. The van der Waals surface area contributed by atoms with Gasteiger partial charge in [0.25, 0.3) is 0 Å². The number of hydrogen-bond acceptors (Lipinski definition) is 3. The Morgan fingerprint density at radius 3 is 2.69 bits per heavy atom. The van der Waals surface area contributed by atoms with Crippen molar-refractivity contribution in [1.82, 2.24) is 9.99 Å². The molecular formula is C27H27N3O2. The third-order valence-corrected chi connectivity index (χ3v) is 6.38. The van der Waals surface area contributed by atoms with Crippen molar-refractivity contribution in [1.29, 1.82) is 0 Å². The van der Waals surface area contributed by atoms with E-state index in [1.165, 1.54) is 35.0 Å².